The zero-order valence-electron chi connectivity index (χ0n) is 14.1. The highest BCUT2D eigenvalue weighted by atomic mass is 35.5. The number of methoxy groups -OCH3 is 1. The van der Waals surface area contributed by atoms with E-state index in [1.807, 2.05) is 13.0 Å². The normalized spacial score (nSPS) is 12.5. The molecule has 0 aromatic heterocycles. The summed E-state index contributed by atoms with van der Waals surface area (Å²) in [5.74, 6) is 1.00. The number of ether oxygens (including phenoxy) is 3. The molecule has 0 aliphatic carbocycles. The van der Waals surface area contributed by atoms with Crippen LogP contribution in [0.4, 0.5) is 5.69 Å². The summed E-state index contributed by atoms with van der Waals surface area (Å²) in [6.07, 6.45) is 1.44. The fourth-order valence-corrected chi connectivity index (χ4v) is 2.62. The van der Waals surface area contributed by atoms with E-state index in [1.165, 1.54) is 13.2 Å². The van der Waals surface area contributed by atoms with Crippen LogP contribution in [0.2, 0.25) is 5.02 Å². The summed E-state index contributed by atoms with van der Waals surface area (Å²) in [5.41, 5.74) is 1.83. The van der Waals surface area contributed by atoms with Gasteiger partial charge in [-0.05, 0) is 36.8 Å². The molecule has 0 saturated carbocycles. The van der Waals surface area contributed by atoms with Crippen LogP contribution in [0.25, 0.3) is 6.08 Å². The molecule has 0 fully saturated rings. The van der Waals surface area contributed by atoms with Crippen LogP contribution in [-0.4, -0.2) is 19.8 Å². The number of anilines is 1. The third kappa shape index (κ3) is 3.58. The monoisotopic (exact) mass is 370 g/mol. The number of nitrogens with zero attached hydrogens (tertiary/aromatic N) is 1. The fourth-order valence-electron chi connectivity index (χ4n) is 2.45. The molecule has 0 bridgehead atoms. The zero-order valence-corrected chi connectivity index (χ0v) is 14.9. The van der Waals surface area contributed by atoms with Crippen molar-refractivity contribution in [3.8, 4) is 23.3 Å². The highest BCUT2D eigenvalue weighted by molar-refractivity contribution is 6.31. The number of carbonyl (C=O) groups excluding carboxylic acids is 1. The quantitative estimate of drug-likeness (QED) is 0.651. The van der Waals surface area contributed by atoms with Gasteiger partial charge in [0.05, 0.1) is 7.11 Å². The molecule has 0 atom stereocenters. The van der Waals surface area contributed by atoms with Gasteiger partial charge in [0.15, 0.2) is 11.5 Å². The Hall–Kier alpha value is -3.17. The summed E-state index contributed by atoms with van der Waals surface area (Å²) in [7, 11) is 1.50. The summed E-state index contributed by atoms with van der Waals surface area (Å²) in [6, 6.07) is 10.4. The Labute approximate surface area is 155 Å². The molecule has 1 aliphatic heterocycles. The number of aryl methyl sites for hydroxylation is 1. The van der Waals surface area contributed by atoms with E-state index in [0.29, 0.717) is 33.5 Å². The Balaban J connectivity index is 1.92. The van der Waals surface area contributed by atoms with Gasteiger partial charge in [0.1, 0.15) is 17.4 Å². The molecule has 7 heteroatoms. The lowest BCUT2D eigenvalue weighted by atomic mass is 10.1. The molecule has 2 aromatic rings. The van der Waals surface area contributed by atoms with Gasteiger partial charge in [-0.2, -0.15) is 5.26 Å². The molecule has 132 valence electrons. The summed E-state index contributed by atoms with van der Waals surface area (Å²) in [5, 5.41) is 12.6. The molecule has 0 radical (unpaired) electrons. The molecular formula is C19H15ClN2O4. The van der Waals surface area contributed by atoms with Crippen molar-refractivity contribution < 1.29 is 19.0 Å². The molecule has 1 N–H and O–H groups in total. The van der Waals surface area contributed by atoms with Crippen LogP contribution < -0.4 is 19.5 Å². The molecule has 26 heavy (non-hydrogen) atoms. The molecular weight excluding hydrogens is 356 g/mol. The predicted molar refractivity (Wildman–Crippen MR) is 97.5 cm³/mol. The van der Waals surface area contributed by atoms with Crippen LogP contribution in [0.15, 0.2) is 35.9 Å². The number of halogens is 1. The second-order valence-electron chi connectivity index (χ2n) is 5.53. The number of hydrogen-bond acceptors (Lipinski definition) is 5. The molecule has 3 rings (SSSR count). The number of fused-ring (bicyclic) bond motifs is 1. The minimum atomic E-state index is -0.544. The van der Waals surface area contributed by atoms with Crippen molar-refractivity contribution in [2.75, 3.05) is 19.2 Å². The summed E-state index contributed by atoms with van der Waals surface area (Å²) in [4.78, 5) is 12.5. The average Bonchev–Trinajstić information content (AvgIpc) is 3.09. The van der Waals surface area contributed by atoms with Gasteiger partial charge < -0.3 is 19.5 Å². The zero-order chi connectivity index (χ0) is 18.7. The number of nitriles is 1. The third-order valence-corrected chi connectivity index (χ3v) is 4.07. The molecule has 0 unspecified atom stereocenters. The van der Waals surface area contributed by atoms with Gasteiger partial charge in [0.2, 0.25) is 6.79 Å². The minimum absolute atomic E-state index is 0.0819. The summed E-state index contributed by atoms with van der Waals surface area (Å²) >= 11 is 5.96. The molecule has 0 saturated heterocycles. The van der Waals surface area contributed by atoms with Crippen molar-refractivity contribution in [2.45, 2.75) is 6.92 Å². The summed E-state index contributed by atoms with van der Waals surface area (Å²) in [6.45, 7) is 1.95. The Kier molecular flexibility index (Phi) is 5.01. The van der Waals surface area contributed by atoms with Crippen LogP contribution in [0.3, 0.4) is 0 Å². The lowest BCUT2D eigenvalue weighted by Gasteiger charge is -2.09. The van der Waals surface area contributed by atoms with Crippen LogP contribution in [0.1, 0.15) is 11.1 Å². The highest BCUT2D eigenvalue weighted by Gasteiger charge is 2.19. The van der Waals surface area contributed by atoms with Crippen molar-refractivity contribution in [1.29, 1.82) is 5.26 Å². The lowest BCUT2D eigenvalue weighted by Crippen LogP contribution is -2.14. The van der Waals surface area contributed by atoms with Gasteiger partial charge in [-0.3, -0.25) is 4.79 Å². The van der Waals surface area contributed by atoms with Crippen LogP contribution >= 0.6 is 11.6 Å². The number of hydrogen-bond donors (Lipinski definition) is 1. The highest BCUT2D eigenvalue weighted by Crippen LogP contribution is 2.39. The first-order valence-corrected chi connectivity index (χ1v) is 8.06. The van der Waals surface area contributed by atoms with Gasteiger partial charge in [0, 0.05) is 22.3 Å². The molecule has 1 amide bonds. The van der Waals surface area contributed by atoms with E-state index in [4.69, 9.17) is 25.8 Å². The number of nitrogens with one attached hydrogen (secondary N) is 1. The van der Waals surface area contributed by atoms with E-state index in [9.17, 15) is 10.1 Å². The van der Waals surface area contributed by atoms with Crippen molar-refractivity contribution in [3.05, 3.63) is 52.1 Å². The van der Waals surface area contributed by atoms with Gasteiger partial charge in [-0.15, -0.1) is 0 Å². The molecule has 6 nitrogen and oxygen atoms in total. The Morgan fingerprint density at radius 1 is 1.31 bits per heavy atom. The first kappa shape index (κ1) is 17.6. The first-order chi connectivity index (χ1) is 12.5. The molecule has 0 spiro atoms. The fraction of sp³-hybridized carbons (Fsp3) is 0.158. The lowest BCUT2D eigenvalue weighted by molar-refractivity contribution is -0.112. The maximum atomic E-state index is 12.5. The van der Waals surface area contributed by atoms with Crippen LogP contribution in [0.5, 0.6) is 17.2 Å². The van der Waals surface area contributed by atoms with Gasteiger partial charge >= 0.3 is 0 Å². The number of benzene rings is 2. The second-order valence-corrected chi connectivity index (χ2v) is 5.97. The van der Waals surface area contributed by atoms with Gasteiger partial charge in [0.25, 0.3) is 5.91 Å². The van der Waals surface area contributed by atoms with Crippen LogP contribution in [-0.2, 0) is 4.79 Å². The third-order valence-electron chi connectivity index (χ3n) is 3.84. The maximum absolute atomic E-state index is 12.5. The molecule has 2 aromatic carbocycles. The first-order valence-electron chi connectivity index (χ1n) is 7.68. The van der Waals surface area contributed by atoms with E-state index in [2.05, 4.69) is 5.32 Å². The standard InChI is InChI=1S/C19H15ClN2O4/c1-11-3-4-14(20)7-15(11)22-19(23)13(9-21)5-12-6-17-18(26-10-25-17)8-16(12)24-2/h3-8H,10H2,1-2H3,(H,22,23)/b13-5+. The maximum Gasteiger partial charge on any atom is 0.266 e. The Morgan fingerprint density at radius 3 is 2.73 bits per heavy atom. The van der Waals surface area contributed by atoms with E-state index in [1.54, 1.807) is 30.3 Å². The van der Waals surface area contributed by atoms with Gasteiger partial charge in [-0.1, -0.05) is 17.7 Å². The van der Waals surface area contributed by atoms with E-state index in [0.717, 1.165) is 5.56 Å². The number of rotatable bonds is 4. The SMILES string of the molecule is COc1cc2c(cc1/C=C(\C#N)C(=O)Nc1cc(Cl)ccc1C)OCO2. The molecule has 1 heterocycles. The van der Waals surface area contributed by atoms with Crippen molar-refractivity contribution in [3.63, 3.8) is 0 Å². The Morgan fingerprint density at radius 2 is 2.04 bits per heavy atom. The van der Waals surface area contributed by atoms with E-state index in [-0.39, 0.29) is 12.4 Å². The topological polar surface area (TPSA) is 80.6 Å². The minimum Gasteiger partial charge on any atom is -0.496 e. The smallest absolute Gasteiger partial charge is 0.266 e. The molecule has 1 aliphatic rings. The largest absolute Gasteiger partial charge is 0.496 e. The van der Waals surface area contributed by atoms with E-state index < -0.39 is 5.91 Å². The summed E-state index contributed by atoms with van der Waals surface area (Å²) < 4.78 is 15.9. The van der Waals surface area contributed by atoms with Crippen molar-refractivity contribution in [2.24, 2.45) is 0 Å². The van der Waals surface area contributed by atoms with Crippen molar-refractivity contribution in [1.82, 2.24) is 0 Å². The predicted octanol–water partition coefficient (Wildman–Crippen LogP) is 3.93. The number of carbonyl (C=O) groups is 1. The average molecular weight is 371 g/mol. The van der Waals surface area contributed by atoms with Crippen molar-refractivity contribution >= 4 is 29.3 Å². The Bertz CT molecular complexity index is 947. The van der Waals surface area contributed by atoms with Gasteiger partial charge in [-0.25, -0.2) is 0 Å². The van der Waals surface area contributed by atoms with Crippen LogP contribution in [0, 0.1) is 18.3 Å². The van der Waals surface area contributed by atoms with E-state index >= 15 is 0 Å². The number of amides is 1. The second kappa shape index (κ2) is 7.38.